The Kier molecular flexibility index (Phi) is 7.19. The fraction of sp³-hybridized carbons (Fsp3) is 0.500. The first kappa shape index (κ1) is 16.8. The maximum Gasteiger partial charge on any atom is 0.532 e. The van der Waals surface area contributed by atoms with Crippen molar-refractivity contribution in [3.63, 3.8) is 0 Å². The Morgan fingerprint density at radius 2 is 1.53 bits per heavy atom. The van der Waals surface area contributed by atoms with Gasteiger partial charge in [0.1, 0.15) is 16.9 Å². The van der Waals surface area contributed by atoms with Gasteiger partial charge in [-0.15, -0.1) is 0 Å². The minimum absolute atomic E-state index is 0.366. The fourth-order valence-corrected chi connectivity index (χ4v) is 3.07. The third kappa shape index (κ3) is 6.15. The van der Waals surface area contributed by atoms with E-state index in [-0.39, 0.29) is 0 Å². The van der Waals surface area contributed by atoms with E-state index >= 15 is 0 Å². The van der Waals surface area contributed by atoms with Gasteiger partial charge in [0.05, 0.1) is 0 Å². The molecule has 0 heterocycles. The predicted octanol–water partition coefficient (Wildman–Crippen LogP) is 5.16. The summed E-state index contributed by atoms with van der Waals surface area (Å²) in [5.41, 5.74) is -1.54. The van der Waals surface area contributed by atoms with Crippen LogP contribution >= 0.6 is 31.0 Å². The van der Waals surface area contributed by atoms with Crippen LogP contribution in [0.15, 0.2) is 30.3 Å². The maximum absolute atomic E-state index is 12.5. The van der Waals surface area contributed by atoms with Crippen molar-refractivity contribution in [3.8, 4) is 5.75 Å². The molecule has 0 aliphatic rings. The Morgan fingerprint density at radius 1 is 1.05 bits per heavy atom. The molecular formula is C12H17Cl2O4P. The Bertz CT molecular complexity index is 399. The van der Waals surface area contributed by atoms with Gasteiger partial charge in [0.2, 0.25) is 0 Å². The van der Waals surface area contributed by atoms with Crippen LogP contribution in [0.1, 0.15) is 26.7 Å². The van der Waals surface area contributed by atoms with Crippen molar-refractivity contribution >= 4 is 31.0 Å². The molecule has 1 aromatic rings. The number of rotatable bonds is 8. The van der Waals surface area contributed by atoms with Crippen LogP contribution in [0, 0.1) is 0 Å². The molecule has 1 aromatic carbocycles. The lowest BCUT2D eigenvalue weighted by Gasteiger charge is -2.22. The molecule has 0 N–H and O–H groups in total. The average Bonchev–Trinajstić information content (AvgIpc) is 2.39. The monoisotopic (exact) mass is 326 g/mol. The highest BCUT2D eigenvalue weighted by molar-refractivity contribution is 7.49. The molecule has 0 fully saturated rings. The van der Waals surface area contributed by atoms with Gasteiger partial charge < -0.3 is 4.52 Å². The standard InChI is InChI=1S/C12H17Cl2O4P/c1-3-11(13)17-19(15,18-12(14)4-2)16-10-8-6-5-7-9-10/h5-9,11-12H,3-4H2,1-2H3. The lowest BCUT2D eigenvalue weighted by Crippen LogP contribution is -2.12. The molecule has 0 aliphatic carbocycles. The fourth-order valence-electron chi connectivity index (χ4n) is 1.11. The van der Waals surface area contributed by atoms with Gasteiger partial charge in [-0.1, -0.05) is 55.2 Å². The summed E-state index contributed by atoms with van der Waals surface area (Å²) in [6.07, 6.45) is 0.929. The van der Waals surface area contributed by atoms with Gasteiger partial charge in [0.15, 0.2) is 0 Å². The molecule has 19 heavy (non-hydrogen) atoms. The van der Waals surface area contributed by atoms with Gasteiger partial charge in [0.25, 0.3) is 0 Å². The van der Waals surface area contributed by atoms with E-state index in [0.717, 1.165) is 0 Å². The highest BCUT2D eigenvalue weighted by atomic mass is 35.5. The zero-order valence-corrected chi connectivity index (χ0v) is 13.2. The number of alkyl halides is 2. The average molecular weight is 327 g/mol. The van der Waals surface area contributed by atoms with Crippen LogP contribution in [0.4, 0.5) is 0 Å². The molecule has 7 heteroatoms. The molecule has 0 saturated carbocycles. The third-order valence-corrected chi connectivity index (χ3v) is 4.59. The van der Waals surface area contributed by atoms with E-state index in [9.17, 15) is 4.57 Å². The van der Waals surface area contributed by atoms with Gasteiger partial charge in [0, 0.05) is 0 Å². The first-order chi connectivity index (χ1) is 8.99. The van der Waals surface area contributed by atoms with Crippen LogP contribution < -0.4 is 4.52 Å². The molecular weight excluding hydrogens is 310 g/mol. The van der Waals surface area contributed by atoms with Crippen molar-refractivity contribution in [2.45, 2.75) is 37.8 Å². The summed E-state index contributed by atoms with van der Waals surface area (Å²) in [5, 5.41) is 0. The van der Waals surface area contributed by atoms with Crippen molar-refractivity contribution in [1.29, 1.82) is 0 Å². The number of halogens is 2. The number of para-hydroxylation sites is 1. The van der Waals surface area contributed by atoms with Gasteiger partial charge in [-0.2, -0.15) is 0 Å². The number of phosphoric acid groups is 1. The van der Waals surface area contributed by atoms with E-state index in [4.69, 9.17) is 36.8 Å². The van der Waals surface area contributed by atoms with Crippen LogP contribution in [0.25, 0.3) is 0 Å². The molecule has 2 unspecified atom stereocenters. The Morgan fingerprint density at radius 3 is 1.95 bits per heavy atom. The van der Waals surface area contributed by atoms with E-state index in [0.29, 0.717) is 18.6 Å². The molecule has 0 saturated heterocycles. The second-order valence-electron chi connectivity index (χ2n) is 3.70. The van der Waals surface area contributed by atoms with Gasteiger partial charge in [-0.05, 0) is 25.0 Å². The summed E-state index contributed by atoms with van der Waals surface area (Å²) < 4.78 is 28.1. The third-order valence-electron chi connectivity index (χ3n) is 2.09. The van der Waals surface area contributed by atoms with Gasteiger partial charge >= 0.3 is 7.82 Å². The van der Waals surface area contributed by atoms with Crippen molar-refractivity contribution < 1.29 is 18.1 Å². The Balaban J connectivity index is 2.82. The lowest BCUT2D eigenvalue weighted by molar-refractivity contribution is 0.128. The minimum Gasteiger partial charge on any atom is -0.404 e. The highest BCUT2D eigenvalue weighted by Gasteiger charge is 2.34. The van der Waals surface area contributed by atoms with Crippen molar-refractivity contribution in [1.82, 2.24) is 0 Å². The van der Waals surface area contributed by atoms with Gasteiger partial charge in [-0.3, -0.25) is 9.05 Å². The smallest absolute Gasteiger partial charge is 0.404 e. The second kappa shape index (κ2) is 8.13. The van der Waals surface area contributed by atoms with Crippen LogP contribution in [0.5, 0.6) is 5.75 Å². The Hall–Kier alpha value is -0.250. The van der Waals surface area contributed by atoms with Crippen molar-refractivity contribution in [2.24, 2.45) is 0 Å². The normalized spacial score (nSPS) is 17.5. The molecule has 4 nitrogen and oxygen atoms in total. The van der Waals surface area contributed by atoms with E-state index in [2.05, 4.69) is 0 Å². The van der Waals surface area contributed by atoms with Crippen LogP contribution in [-0.2, 0) is 13.6 Å². The number of phosphoric ester groups is 1. The lowest BCUT2D eigenvalue weighted by atomic mass is 10.3. The van der Waals surface area contributed by atoms with Gasteiger partial charge in [-0.25, -0.2) is 4.57 Å². The quantitative estimate of drug-likeness (QED) is 0.489. The van der Waals surface area contributed by atoms with Crippen LogP contribution in [-0.4, -0.2) is 11.1 Å². The molecule has 108 valence electrons. The zero-order chi connectivity index (χ0) is 14.3. The maximum atomic E-state index is 12.5. The van der Waals surface area contributed by atoms with Crippen LogP contribution in [0.3, 0.4) is 0 Å². The molecule has 0 spiro atoms. The SMILES string of the molecule is CCC(Cl)OP(=O)(Oc1ccccc1)OC(Cl)CC. The Labute approximate surface area is 123 Å². The first-order valence-corrected chi connectivity index (χ1v) is 8.32. The summed E-state index contributed by atoms with van der Waals surface area (Å²) in [6, 6.07) is 8.59. The number of hydrogen-bond donors (Lipinski definition) is 0. The molecule has 2 atom stereocenters. The van der Waals surface area contributed by atoms with E-state index in [1.165, 1.54) is 0 Å². The highest BCUT2D eigenvalue weighted by Crippen LogP contribution is 2.53. The van der Waals surface area contributed by atoms with E-state index in [1.54, 1.807) is 38.1 Å². The summed E-state index contributed by atoms with van der Waals surface area (Å²) in [7, 11) is -3.85. The number of hydrogen-bond acceptors (Lipinski definition) is 4. The van der Waals surface area contributed by atoms with Crippen molar-refractivity contribution in [3.05, 3.63) is 30.3 Å². The zero-order valence-electron chi connectivity index (χ0n) is 10.8. The number of benzene rings is 1. The topological polar surface area (TPSA) is 44.8 Å². The first-order valence-electron chi connectivity index (χ1n) is 5.98. The summed E-state index contributed by atoms with van der Waals surface area (Å²) >= 11 is 11.7. The molecule has 0 bridgehead atoms. The summed E-state index contributed by atoms with van der Waals surface area (Å²) in [5.74, 6) is 0.366. The predicted molar refractivity (Wildman–Crippen MR) is 76.7 cm³/mol. The molecule has 0 radical (unpaired) electrons. The van der Waals surface area contributed by atoms with E-state index in [1.807, 2.05) is 6.07 Å². The second-order valence-corrected chi connectivity index (χ2v) is 6.17. The summed E-state index contributed by atoms with van der Waals surface area (Å²) in [4.78, 5) is 0. The van der Waals surface area contributed by atoms with Crippen LogP contribution in [0.2, 0.25) is 0 Å². The molecule has 1 rings (SSSR count). The largest absolute Gasteiger partial charge is 0.532 e. The van der Waals surface area contributed by atoms with Crippen molar-refractivity contribution in [2.75, 3.05) is 0 Å². The van der Waals surface area contributed by atoms with E-state index < -0.39 is 18.9 Å². The molecule has 0 aromatic heterocycles. The summed E-state index contributed by atoms with van der Waals surface area (Å²) in [6.45, 7) is 3.59. The molecule has 0 amide bonds. The molecule has 0 aliphatic heterocycles. The minimum atomic E-state index is -3.85.